The second-order valence-electron chi connectivity index (χ2n) is 8.17. The first-order valence-corrected chi connectivity index (χ1v) is 12.3. The molecule has 2 fully saturated rings. The van der Waals surface area contributed by atoms with Gasteiger partial charge in [-0.2, -0.15) is 0 Å². The molecule has 0 amide bonds. The van der Waals surface area contributed by atoms with Gasteiger partial charge in [-0.3, -0.25) is 4.57 Å². The van der Waals surface area contributed by atoms with Crippen LogP contribution in [0, 0.1) is 15.9 Å². The summed E-state index contributed by atoms with van der Waals surface area (Å²) >= 11 is 3.97. The third kappa shape index (κ3) is 3.91. The maximum absolute atomic E-state index is 4.74. The summed E-state index contributed by atoms with van der Waals surface area (Å²) in [4.78, 5) is 16.4. The van der Waals surface area contributed by atoms with Crippen molar-refractivity contribution in [3.05, 3.63) is 46.1 Å². The SMILES string of the molecule is CSc1nc(C)cc(-n2cnc(-c3ccc(I)cc3N3CCC4(CC3)CC4)c2)n1. The van der Waals surface area contributed by atoms with Gasteiger partial charge in [-0.05, 0) is 85.1 Å². The van der Waals surface area contributed by atoms with Crippen LogP contribution in [0.25, 0.3) is 17.1 Å². The fourth-order valence-electron chi connectivity index (χ4n) is 4.22. The van der Waals surface area contributed by atoms with Crippen molar-refractivity contribution in [3.8, 4) is 17.1 Å². The number of thioether (sulfide) groups is 1. The monoisotopic (exact) mass is 517 g/mol. The van der Waals surface area contributed by atoms with Crippen LogP contribution in [0.3, 0.4) is 0 Å². The minimum absolute atomic E-state index is 0.681. The number of rotatable bonds is 4. The number of hydrogen-bond donors (Lipinski definition) is 0. The average Bonchev–Trinajstić information content (AvgIpc) is 3.29. The number of halogens is 1. The number of imidazole rings is 1. The Morgan fingerprint density at radius 2 is 1.86 bits per heavy atom. The van der Waals surface area contributed by atoms with E-state index < -0.39 is 0 Å². The Hall–Kier alpha value is -1.61. The summed E-state index contributed by atoms with van der Waals surface area (Å²) < 4.78 is 3.27. The molecule has 150 valence electrons. The minimum Gasteiger partial charge on any atom is -0.371 e. The molecule has 7 heteroatoms. The predicted octanol–water partition coefficient (Wildman–Crippen LogP) is 5.34. The summed E-state index contributed by atoms with van der Waals surface area (Å²) in [7, 11) is 0. The van der Waals surface area contributed by atoms with Gasteiger partial charge in [0.25, 0.3) is 0 Å². The van der Waals surface area contributed by atoms with E-state index in [1.54, 1.807) is 11.8 Å². The molecule has 2 aromatic heterocycles. The molecule has 0 radical (unpaired) electrons. The number of nitrogens with zero attached hydrogens (tertiary/aromatic N) is 5. The largest absolute Gasteiger partial charge is 0.371 e. The van der Waals surface area contributed by atoms with Crippen molar-refractivity contribution in [2.45, 2.75) is 37.8 Å². The maximum Gasteiger partial charge on any atom is 0.189 e. The van der Waals surface area contributed by atoms with Crippen molar-refractivity contribution in [1.29, 1.82) is 0 Å². The number of aromatic nitrogens is 4. The molecular formula is C22H24IN5S. The molecule has 1 aliphatic heterocycles. The third-order valence-electron chi connectivity index (χ3n) is 6.21. The summed E-state index contributed by atoms with van der Waals surface area (Å²) in [6, 6.07) is 8.69. The molecule has 3 heterocycles. The highest BCUT2D eigenvalue weighted by molar-refractivity contribution is 14.1. The molecule has 2 aliphatic rings. The quantitative estimate of drug-likeness (QED) is 0.266. The zero-order valence-electron chi connectivity index (χ0n) is 16.7. The third-order valence-corrected chi connectivity index (χ3v) is 7.43. The van der Waals surface area contributed by atoms with Gasteiger partial charge in [0, 0.05) is 45.9 Å². The number of piperidine rings is 1. The zero-order chi connectivity index (χ0) is 20.0. The van der Waals surface area contributed by atoms with E-state index in [0.717, 1.165) is 35.5 Å². The lowest BCUT2D eigenvalue weighted by Crippen LogP contribution is -2.34. The predicted molar refractivity (Wildman–Crippen MR) is 127 cm³/mol. The topological polar surface area (TPSA) is 46.8 Å². The average molecular weight is 517 g/mol. The molecule has 5 rings (SSSR count). The molecule has 3 aromatic rings. The minimum atomic E-state index is 0.681. The summed E-state index contributed by atoms with van der Waals surface area (Å²) in [6.45, 7) is 4.30. The van der Waals surface area contributed by atoms with Gasteiger partial charge in [0.1, 0.15) is 12.1 Å². The molecule has 1 saturated heterocycles. The summed E-state index contributed by atoms with van der Waals surface area (Å²) in [5.74, 6) is 0.862. The van der Waals surface area contributed by atoms with Crippen LogP contribution in [0.4, 0.5) is 5.69 Å². The number of hydrogen-bond acceptors (Lipinski definition) is 5. The Morgan fingerprint density at radius 1 is 1.07 bits per heavy atom. The molecule has 0 bridgehead atoms. The van der Waals surface area contributed by atoms with Crippen molar-refractivity contribution >= 4 is 40.0 Å². The van der Waals surface area contributed by atoms with Crippen LogP contribution in [-0.4, -0.2) is 38.9 Å². The highest BCUT2D eigenvalue weighted by atomic mass is 127. The molecule has 0 N–H and O–H groups in total. The first kappa shape index (κ1) is 19.4. The Balaban J connectivity index is 1.48. The van der Waals surface area contributed by atoms with E-state index in [4.69, 9.17) is 4.98 Å². The number of benzene rings is 1. The Bertz CT molecular complexity index is 1050. The lowest BCUT2D eigenvalue weighted by Gasteiger charge is -2.35. The Kier molecular flexibility index (Phi) is 5.06. The van der Waals surface area contributed by atoms with E-state index in [-0.39, 0.29) is 0 Å². The summed E-state index contributed by atoms with van der Waals surface area (Å²) in [6.07, 6.45) is 11.5. The number of aryl methyl sites for hydroxylation is 1. The van der Waals surface area contributed by atoms with E-state index in [9.17, 15) is 0 Å². The maximum atomic E-state index is 4.74. The summed E-state index contributed by atoms with van der Waals surface area (Å²) in [5, 5.41) is 0.785. The lowest BCUT2D eigenvalue weighted by molar-refractivity contribution is 0.384. The lowest BCUT2D eigenvalue weighted by atomic mass is 9.93. The Morgan fingerprint density at radius 3 is 2.59 bits per heavy atom. The molecule has 1 saturated carbocycles. The highest BCUT2D eigenvalue weighted by Crippen LogP contribution is 2.54. The first-order valence-electron chi connectivity index (χ1n) is 10.0. The van der Waals surface area contributed by atoms with Crippen LogP contribution in [0.1, 0.15) is 31.4 Å². The van der Waals surface area contributed by atoms with E-state index in [1.165, 1.54) is 40.5 Å². The first-order chi connectivity index (χ1) is 14.0. The van der Waals surface area contributed by atoms with E-state index in [1.807, 2.05) is 30.1 Å². The van der Waals surface area contributed by atoms with E-state index in [2.05, 4.69) is 61.9 Å². The Labute approximate surface area is 189 Å². The molecule has 0 unspecified atom stereocenters. The van der Waals surface area contributed by atoms with E-state index >= 15 is 0 Å². The molecule has 0 atom stereocenters. The molecule has 29 heavy (non-hydrogen) atoms. The summed E-state index contributed by atoms with van der Waals surface area (Å²) in [5.41, 5.74) is 5.14. The van der Waals surface area contributed by atoms with Gasteiger partial charge in [-0.1, -0.05) is 11.8 Å². The van der Waals surface area contributed by atoms with Crippen molar-refractivity contribution in [2.24, 2.45) is 5.41 Å². The van der Waals surface area contributed by atoms with Gasteiger partial charge in [-0.15, -0.1) is 0 Å². The zero-order valence-corrected chi connectivity index (χ0v) is 19.7. The fraction of sp³-hybridized carbons (Fsp3) is 0.409. The standard InChI is InChI=1S/C22H24IN5S/c1-15-11-20(26-21(25-15)29-2)28-13-18(24-14-28)17-4-3-16(23)12-19(17)27-9-7-22(5-6-22)8-10-27/h3-4,11-14H,5-10H2,1-2H3. The molecule has 1 aromatic carbocycles. The van der Waals surface area contributed by atoms with E-state index in [0.29, 0.717) is 5.41 Å². The molecular weight excluding hydrogens is 493 g/mol. The van der Waals surface area contributed by atoms with Crippen molar-refractivity contribution in [3.63, 3.8) is 0 Å². The van der Waals surface area contributed by atoms with Gasteiger partial charge in [-0.25, -0.2) is 15.0 Å². The van der Waals surface area contributed by atoms with Crippen molar-refractivity contribution in [1.82, 2.24) is 19.5 Å². The number of anilines is 1. The van der Waals surface area contributed by atoms with Crippen molar-refractivity contribution in [2.75, 3.05) is 24.2 Å². The molecule has 1 aliphatic carbocycles. The van der Waals surface area contributed by atoms with Crippen LogP contribution in [-0.2, 0) is 0 Å². The van der Waals surface area contributed by atoms with Gasteiger partial charge < -0.3 is 4.90 Å². The van der Waals surface area contributed by atoms with Crippen molar-refractivity contribution < 1.29 is 0 Å². The molecule has 1 spiro atoms. The van der Waals surface area contributed by atoms with Gasteiger partial charge in [0.2, 0.25) is 0 Å². The second-order valence-corrected chi connectivity index (χ2v) is 10.2. The van der Waals surface area contributed by atoms with Gasteiger partial charge in [0.15, 0.2) is 5.16 Å². The van der Waals surface area contributed by atoms with Crippen LogP contribution < -0.4 is 4.90 Å². The van der Waals surface area contributed by atoms with Crippen LogP contribution in [0.2, 0.25) is 0 Å². The fourth-order valence-corrected chi connectivity index (χ4v) is 5.11. The molecule has 5 nitrogen and oxygen atoms in total. The van der Waals surface area contributed by atoms with Crippen LogP contribution in [0.5, 0.6) is 0 Å². The van der Waals surface area contributed by atoms with Gasteiger partial charge >= 0.3 is 0 Å². The smallest absolute Gasteiger partial charge is 0.189 e. The normalized spacial score (nSPS) is 17.7. The van der Waals surface area contributed by atoms with Crippen LogP contribution in [0.15, 0.2) is 41.9 Å². The second kappa shape index (κ2) is 7.58. The van der Waals surface area contributed by atoms with Crippen LogP contribution >= 0.6 is 34.4 Å². The van der Waals surface area contributed by atoms with Gasteiger partial charge in [0.05, 0.1) is 5.69 Å². The highest BCUT2D eigenvalue weighted by Gasteiger charge is 2.44.